The van der Waals surface area contributed by atoms with Crippen molar-refractivity contribution in [2.75, 3.05) is 13.2 Å². The van der Waals surface area contributed by atoms with Gasteiger partial charge in [-0.2, -0.15) is 0 Å². The Bertz CT molecular complexity index is 22.8. The summed E-state index contributed by atoms with van der Waals surface area (Å²) in [7, 11) is 0. The topological polar surface area (TPSA) is 120 Å². The van der Waals surface area contributed by atoms with Gasteiger partial charge in [0.15, 0.2) is 0 Å². The Balaban J connectivity index is -0.0000000267. The van der Waals surface area contributed by atoms with Crippen LogP contribution in [0.15, 0.2) is 0 Å². The summed E-state index contributed by atoms with van der Waals surface area (Å²) in [6, 6.07) is 0. The van der Waals surface area contributed by atoms with Gasteiger partial charge in [-0.1, -0.05) is 0 Å². The van der Waals surface area contributed by atoms with Crippen LogP contribution in [0, 0.1) is 0 Å². The van der Waals surface area contributed by atoms with E-state index >= 15 is 0 Å². The molecule has 48 valence electrons. The molecule has 0 saturated carbocycles. The molecule has 0 aromatic rings. The number of hydrazine groups is 1. The third kappa shape index (κ3) is 26.1. The molecule has 0 amide bonds. The maximum atomic E-state index is 7.92. The van der Waals surface area contributed by atoms with Gasteiger partial charge in [0.2, 0.25) is 0 Å². The second-order valence-corrected chi connectivity index (χ2v) is 0.678. The van der Waals surface area contributed by atoms with Crippen molar-refractivity contribution >= 4 is 0 Å². The largest absolute Gasteiger partial charge is 1.00 e. The van der Waals surface area contributed by atoms with E-state index in [0.717, 1.165) is 0 Å². The van der Waals surface area contributed by atoms with E-state index < -0.39 is 0 Å². The van der Waals surface area contributed by atoms with Crippen molar-refractivity contribution in [3.63, 3.8) is 0 Å². The third-order valence-electron chi connectivity index (χ3n) is 0.256. The average Bonchev–Trinajstić information content (AvgIpc) is 1.41. The van der Waals surface area contributed by atoms with Crippen LogP contribution in [0.1, 0.15) is 0 Å². The van der Waals surface area contributed by atoms with Crippen LogP contribution in [0.25, 0.3) is 0 Å². The van der Waals surface area contributed by atoms with Crippen molar-refractivity contribution < 1.29 is 67.4 Å². The second kappa shape index (κ2) is 23.7. The van der Waals surface area contributed by atoms with Crippen molar-refractivity contribution in [2.24, 2.45) is 5.84 Å². The van der Waals surface area contributed by atoms with Crippen LogP contribution in [0.2, 0.25) is 0 Å². The van der Waals surface area contributed by atoms with Crippen LogP contribution in [0.5, 0.6) is 0 Å². The zero-order chi connectivity index (χ0) is 4.12. The first-order valence-corrected chi connectivity index (χ1v) is 1.46. The second-order valence-electron chi connectivity index (χ2n) is 0.678. The zero-order valence-corrected chi connectivity index (χ0v) is 8.01. The predicted molar refractivity (Wildman–Crippen MR) is 24.8 cm³/mol. The quantitative estimate of drug-likeness (QED) is 0.206. The number of aliphatic hydroxyl groups excluding tert-OH is 1. The molecule has 0 unspecified atom stereocenters. The van der Waals surface area contributed by atoms with Crippen molar-refractivity contribution in [2.45, 2.75) is 0 Å². The first-order chi connectivity index (χ1) is 2.41. The van der Waals surface area contributed by atoms with Gasteiger partial charge in [-0.05, 0) is 0 Å². The molecule has 8 heavy (non-hydrogen) atoms. The van der Waals surface area contributed by atoms with Gasteiger partial charge in [-0.25, -0.2) is 0 Å². The molecule has 0 aliphatic heterocycles. The van der Waals surface area contributed by atoms with Gasteiger partial charge in [0.1, 0.15) is 0 Å². The maximum absolute atomic E-state index is 7.92. The average molecular weight is 150 g/mol. The van der Waals surface area contributed by atoms with Gasteiger partial charge >= 0.3 is 51.4 Å². The fraction of sp³-hybridized carbons (Fsp3) is 1.00. The monoisotopic (exact) mass is 150 g/mol. The third-order valence-corrected chi connectivity index (χ3v) is 0.256. The van der Waals surface area contributed by atoms with E-state index in [1.54, 1.807) is 0 Å². The number of nitrogens with two attached hydrogens (primary N) is 1. The van der Waals surface area contributed by atoms with E-state index in [-0.39, 0.29) is 68.9 Å². The Kier molecular flexibility index (Phi) is 67.3. The van der Waals surface area contributed by atoms with E-state index in [1.807, 2.05) is 0 Å². The van der Waals surface area contributed by atoms with E-state index in [9.17, 15) is 0 Å². The van der Waals surface area contributed by atoms with Crippen LogP contribution in [0.3, 0.4) is 0 Å². The molecule has 0 atom stereocenters. The van der Waals surface area contributed by atoms with E-state index in [0.29, 0.717) is 6.54 Å². The van der Waals surface area contributed by atoms with Gasteiger partial charge in [0.05, 0.1) is 6.61 Å². The van der Waals surface area contributed by atoms with Crippen LogP contribution < -0.4 is 62.7 Å². The number of hydrogen-bond donors (Lipinski definition) is 3. The predicted octanol–water partition coefficient (Wildman–Crippen LogP) is -5.56. The Morgan fingerprint density at radius 3 is 1.88 bits per heavy atom. The van der Waals surface area contributed by atoms with Gasteiger partial charge in [-0.3, -0.25) is 11.3 Å². The maximum Gasteiger partial charge on any atom is 1.00 e. The molecule has 0 saturated heterocycles. The molecule has 0 bridgehead atoms. The van der Waals surface area contributed by atoms with E-state index in [4.69, 9.17) is 10.9 Å². The Morgan fingerprint density at radius 2 is 1.88 bits per heavy atom. The molecule has 0 fully saturated rings. The van der Waals surface area contributed by atoms with Crippen LogP contribution in [-0.2, 0) is 0 Å². The molecule has 0 spiro atoms. The Morgan fingerprint density at radius 1 is 1.50 bits per heavy atom. The molecular formula is C2H11KN2O3. The molecule has 5 nitrogen and oxygen atoms in total. The normalized spacial score (nSPS) is 5.25. The minimum absolute atomic E-state index is 0. The first kappa shape index (κ1) is 22.7. The molecular weight excluding hydrogens is 139 g/mol. The molecule has 0 aliphatic rings. The van der Waals surface area contributed by atoms with Gasteiger partial charge in [0.25, 0.3) is 0 Å². The molecule has 0 rings (SSSR count). The minimum atomic E-state index is 0. The minimum Gasteiger partial charge on any atom is -0.870 e. The molecule has 0 radical (unpaired) electrons. The van der Waals surface area contributed by atoms with Gasteiger partial charge in [-0.15, -0.1) is 0 Å². The molecule has 0 aliphatic carbocycles. The number of hydrogen-bond acceptors (Lipinski definition) is 4. The molecule has 7 N–H and O–H groups in total. The Hall–Kier alpha value is 1.44. The number of rotatable bonds is 2. The van der Waals surface area contributed by atoms with Crippen molar-refractivity contribution in [3.8, 4) is 0 Å². The van der Waals surface area contributed by atoms with Gasteiger partial charge in [0, 0.05) is 6.54 Å². The summed E-state index contributed by atoms with van der Waals surface area (Å²) in [4.78, 5) is 0. The Labute approximate surface area is 90.6 Å². The molecule has 0 heterocycles. The number of nitrogens with one attached hydrogen (secondary N) is 1. The summed E-state index contributed by atoms with van der Waals surface area (Å²) in [6.07, 6.45) is 0. The summed E-state index contributed by atoms with van der Waals surface area (Å²) in [6.45, 7) is 0.580. The van der Waals surface area contributed by atoms with Gasteiger partial charge < -0.3 is 16.1 Å². The SMILES string of the molecule is NNCCO.O.[K+].[OH-]. The fourth-order valence-electron chi connectivity index (χ4n) is 0.0645. The summed E-state index contributed by atoms with van der Waals surface area (Å²) in [5.74, 6) is 4.73. The van der Waals surface area contributed by atoms with Crippen molar-refractivity contribution in [1.29, 1.82) is 0 Å². The standard InChI is InChI=1S/C2H8N2O.K.2H2O/c3-4-1-2-5;;;/h4-5H,1-3H2;;2*1H2/q;+1;;/p-1. The first-order valence-electron chi connectivity index (χ1n) is 1.46. The summed E-state index contributed by atoms with van der Waals surface area (Å²) in [5.41, 5.74) is 2.27. The van der Waals surface area contributed by atoms with E-state index in [2.05, 4.69) is 5.43 Å². The number of aliphatic hydroxyl groups is 1. The van der Waals surface area contributed by atoms with Crippen LogP contribution in [-0.4, -0.2) is 29.2 Å². The van der Waals surface area contributed by atoms with Crippen molar-refractivity contribution in [1.82, 2.24) is 5.43 Å². The zero-order valence-electron chi connectivity index (χ0n) is 4.89. The fourth-order valence-corrected chi connectivity index (χ4v) is 0.0645. The van der Waals surface area contributed by atoms with E-state index in [1.165, 1.54) is 0 Å². The molecule has 6 heteroatoms. The smallest absolute Gasteiger partial charge is 0.870 e. The summed E-state index contributed by atoms with van der Waals surface area (Å²) < 4.78 is 0. The van der Waals surface area contributed by atoms with Crippen LogP contribution >= 0.6 is 0 Å². The summed E-state index contributed by atoms with van der Waals surface area (Å²) in [5, 5.41) is 7.92. The molecule has 0 aromatic carbocycles. The van der Waals surface area contributed by atoms with Crippen molar-refractivity contribution in [3.05, 3.63) is 0 Å². The molecule has 0 aromatic heterocycles. The summed E-state index contributed by atoms with van der Waals surface area (Å²) >= 11 is 0. The van der Waals surface area contributed by atoms with Crippen LogP contribution in [0.4, 0.5) is 0 Å².